The summed E-state index contributed by atoms with van der Waals surface area (Å²) < 4.78 is 11.2. The third kappa shape index (κ3) is 16.2. The van der Waals surface area contributed by atoms with Crippen LogP contribution in [0.4, 0.5) is 9.59 Å². The lowest BCUT2D eigenvalue weighted by Gasteiger charge is -2.36. The highest BCUT2D eigenvalue weighted by Gasteiger charge is 2.40. The fourth-order valence-corrected chi connectivity index (χ4v) is 8.37. The number of unbranched alkanes of at least 4 members (excludes halogenated alkanes) is 3. The summed E-state index contributed by atoms with van der Waals surface area (Å²) in [5, 5.41) is 24.9. The number of carboxylic acid groups (broad SMARTS) is 1. The third-order valence-corrected chi connectivity index (χ3v) is 12.4. The van der Waals surface area contributed by atoms with Crippen LogP contribution in [0.5, 0.6) is 0 Å². The number of nitrogens with zero attached hydrogens (tertiary/aromatic N) is 2. The maximum absolute atomic E-state index is 14.5. The van der Waals surface area contributed by atoms with Crippen LogP contribution in [0.1, 0.15) is 104 Å². The molecule has 0 radical (unpaired) electrons. The molecule has 4 rings (SSSR count). The number of esters is 1. The van der Waals surface area contributed by atoms with Gasteiger partial charge in [-0.05, 0) is 49.5 Å². The Morgan fingerprint density at radius 1 is 0.848 bits per heavy atom. The number of alkyl carbamates (subject to hydrolysis) is 1. The van der Waals surface area contributed by atoms with Crippen molar-refractivity contribution in [3.63, 3.8) is 0 Å². The highest BCUT2D eigenvalue weighted by Crippen LogP contribution is 2.28. The minimum atomic E-state index is -1.58. The number of ether oxygens (including phenoxy) is 2. The Hall–Kier alpha value is -5.95. The lowest BCUT2D eigenvalue weighted by atomic mass is 9.83. The summed E-state index contributed by atoms with van der Waals surface area (Å²) in [5.41, 5.74) is 0.689. The van der Waals surface area contributed by atoms with Crippen molar-refractivity contribution in [3.05, 3.63) is 35.9 Å². The molecule has 1 aromatic rings. The van der Waals surface area contributed by atoms with E-state index >= 15 is 0 Å². The van der Waals surface area contributed by atoms with Crippen molar-refractivity contribution in [3.8, 4) is 0 Å². The largest absolute Gasteiger partial charge is 0.465 e. The van der Waals surface area contributed by atoms with Gasteiger partial charge in [-0.2, -0.15) is 0 Å². The molecule has 1 aliphatic carbocycles. The van der Waals surface area contributed by atoms with Crippen LogP contribution in [0.3, 0.4) is 0 Å². The van der Waals surface area contributed by atoms with E-state index in [-0.39, 0.29) is 38.0 Å². The minimum absolute atomic E-state index is 0.0622. The molecule has 2 aliphatic heterocycles. The van der Waals surface area contributed by atoms with Crippen LogP contribution in [0, 0.1) is 23.7 Å². The first-order valence-electron chi connectivity index (χ1n) is 23.3. The van der Waals surface area contributed by atoms with E-state index in [1.54, 1.807) is 37.3 Å². The molecule has 2 saturated heterocycles. The monoisotopic (exact) mass is 927 g/mol. The summed E-state index contributed by atoms with van der Waals surface area (Å²) in [5.74, 6) is -7.19. The quantitative estimate of drug-likeness (QED) is 0.0986. The number of likely N-dealkylation sites (N-methyl/N-ethyl adjacent to an activating group) is 1. The summed E-state index contributed by atoms with van der Waals surface area (Å²) >= 11 is 0. The molecule has 3 aliphatic rings. The molecule has 0 unspecified atom stereocenters. The maximum atomic E-state index is 14.5. The fourth-order valence-electron chi connectivity index (χ4n) is 8.37. The highest BCUT2D eigenvalue weighted by atomic mass is 16.6. The highest BCUT2D eigenvalue weighted by molar-refractivity contribution is 5.97. The number of carbonyl (C=O) groups excluding carboxylic acids is 8. The van der Waals surface area contributed by atoms with Gasteiger partial charge in [-0.1, -0.05) is 96.6 Å². The van der Waals surface area contributed by atoms with E-state index in [0.29, 0.717) is 31.2 Å². The molecule has 8 amide bonds. The van der Waals surface area contributed by atoms with Gasteiger partial charge < -0.3 is 56.3 Å². The number of benzene rings is 1. The van der Waals surface area contributed by atoms with E-state index < -0.39 is 115 Å². The molecule has 66 heavy (non-hydrogen) atoms. The van der Waals surface area contributed by atoms with Gasteiger partial charge in [0.15, 0.2) is 0 Å². The molecule has 20 heteroatoms. The Kier molecular flexibility index (Phi) is 21.0. The van der Waals surface area contributed by atoms with Crippen LogP contribution >= 0.6 is 0 Å². The number of hydrogen-bond donors (Lipinski definition) is 7. The zero-order valence-electron chi connectivity index (χ0n) is 38.9. The van der Waals surface area contributed by atoms with Crippen molar-refractivity contribution in [1.82, 2.24) is 41.7 Å². The number of carbonyl (C=O) groups is 9. The molecule has 366 valence electrons. The first kappa shape index (κ1) is 52.7. The van der Waals surface area contributed by atoms with E-state index in [1.165, 1.54) is 11.9 Å². The van der Waals surface area contributed by atoms with Gasteiger partial charge in [0.05, 0.1) is 18.4 Å². The van der Waals surface area contributed by atoms with Gasteiger partial charge in [-0.15, -0.1) is 0 Å². The molecule has 1 aromatic carbocycles. The van der Waals surface area contributed by atoms with Crippen LogP contribution in [-0.2, 0) is 49.6 Å². The van der Waals surface area contributed by atoms with Crippen molar-refractivity contribution < 1.29 is 57.7 Å². The molecule has 6 atom stereocenters. The minimum Gasteiger partial charge on any atom is -0.465 e. The molecule has 0 aromatic heterocycles. The van der Waals surface area contributed by atoms with E-state index in [1.807, 2.05) is 20.8 Å². The first-order chi connectivity index (χ1) is 31.5. The second-order valence-electron chi connectivity index (χ2n) is 18.1. The third-order valence-electron chi connectivity index (χ3n) is 12.4. The van der Waals surface area contributed by atoms with Crippen molar-refractivity contribution in [2.45, 2.75) is 135 Å². The maximum Gasteiger partial charge on any atom is 0.407 e. The molecule has 0 bridgehead atoms. The number of rotatable bonds is 15. The van der Waals surface area contributed by atoms with E-state index in [2.05, 4.69) is 31.9 Å². The standard InChI is InChI=1S/C46H70N8O12/c1-6-7-8-15-20-36-29(4)44(61)53(5)35(21-28(2)3)42(59)52-38(31-18-13-10-14-19-31)43(60)51-34(23-49-45(62)65-27-30-16-11-9-12-17-30)41(58)50-33(40(57)48-24-37(55)66-36)22-47-39(56)32-25-54(26-32)46(63)64/h9,11-12,16-17,28-29,31-36,38H,6-8,10,13-15,18-27H2,1-5H3,(H,47,56)(H,48,57)(H,49,62)(H,50,58)(H,51,60)(H,52,59)(H,63,64)/t29-,33+,34+,35+,36-,38+/m1/s1. The van der Waals surface area contributed by atoms with E-state index in [4.69, 9.17) is 9.47 Å². The van der Waals surface area contributed by atoms with Crippen molar-refractivity contribution >= 4 is 53.6 Å². The van der Waals surface area contributed by atoms with Crippen molar-refractivity contribution in [2.75, 3.05) is 39.8 Å². The molecular formula is C46H70N8O12. The van der Waals surface area contributed by atoms with Gasteiger partial charge in [0, 0.05) is 26.7 Å². The summed E-state index contributed by atoms with van der Waals surface area (Å²) in [6.45, 7) is 5.48. The Balaban J connectivity index is 1.70. The molecule has 7 N–H and O–H groups in total. The van der Waals surface area contributed by atoms with E-state index in [0.717, 1.165) is 43.4 Å². The molecule has 3 fully saturated rings. The average molecular weight is 927 g/mol. The Bertz CT molecular complexity index is 1840. The zero-order valence-corrected chi connectivity index (χ0v) is 38.9. The van der Waals surface area contributed by atoms with Crippen LogP contribution in [0.25, 0.3) is 0 Å². The van der Waals surface area contributed by atoms with Crippen LogP contribution < -0.4 is 31.9 Å². The zero-order chi connectivity index (χ0) is 48.3. The van der Waals surface area contributed by atoms with Gasteiger partial charge >= 0.3 is 18.2 Å². The first-order valence-corrected chi connectivity index (χ1v) is 23.3. The SMILES string of the molecule is CCCCCC[C@H]1OC(=O)CNC(=O)[C@H](CNC(=O)C2CN(C(=O)O)C2)NC(=O)[C@H](CNC(=O)OCc2ccccc2)NC(=O)[C@H](C2CCCCC2)NC(=O)[C@H](CC(C)C)N(C)C(=O)[C@@H]1C. The lowest BCUT2D eigenvalue weighted by molar-refractivity contribution is -0.157. The molecule has 1 saturated carbocycles. The number of cyclic esters (lactones) is 1. The number of amides is 8. The average Bonchev–Trinajstić information content (AvgIpc) is 3.28. The fraction of sp³-hybridized carbons (Fsp3) is 0.674. The van der Waals surface area contributed by atoms with Gasteiger partial charge in [0.1, 0.15) is 43.4 Å². The number of likely N-dealkylation sites (tertiary alicyclic amines) is 1. The summed E-state index contributed by atoms with van der Waals surface area (Å²) in [4.78, 5) is 125. The molecule has 2 heterocycles. The van der Waals surface area contributed by atoms with Gasteiger partial charge in [0.25, 0.3) is 0 Å². The lowest BCUT2D eigenvalue weighted by Crippen LogP contribution is -2.63. The second kappa shape index (κ2) is 26.3. The van der Waals surface area contributed by atoms with Gasteiger partial charge in [0.2, 0.25) is 35.4 Å². The molecule has 20 nitrogen and oxygen atoms in total. The summed E-state index contributed by atoms with van der Waals surface area (Å²) in [7, 11) is 1.51. The summed E-state index contributed by atoms with van der Waals surface area (Å²) in [6, 6.07) is 3.48. The number of nitrogens with one attached hydrogen (secondary N) is 6. The predicted molar refractivity (Wildman–Crippen MR) is 240 cm³/mol. The Labute approximate surface area is 386 Å². The molecule has 0 spiro atoms. The Morgan fingerprint density at radius 3 is 2.15 bits per heavy atom. The van der Waals surface area contributed by atoms with E-state index in [9.17, 15) is 48.3 Å². The van der Waals surface area contributed by atoms with Crippen LogP contribution in [0.15, 0.2) is 30.3 Å². The molecular weight excluding hydrogens is 857 g/mol. The van der Waals surface area contributed by atoms with Crippen LogP contribution in [0.2, 0.25) is 0 Å². The van der Waals surface area contributed by atoms with Crippen LogP contribution in [-0.4, -0.2) is 139 Å². The topological polar surface area (TPSA) is 271 Å². The van der Waals surface area contributed by atoms with Crippen molar-refractivity contribution in [1.29, 1.82) is 0 Å². The van der Waals surface area contributed by atoms with Gasteiger partial charge in [-0.25, -0.2) is 9.59 Å². The summed E-state index contributed by atoms with van der Waals surface area (Å²) in [6.07, 6.45) is 4.47. The number of hydrogen-bond acceptors (Lipinski definition) is 11. The smallest absolute Gasteiger partial charge is 0.407 e. The predicted octanol–water partition coefficient (Wildman–Crippen LogP) is 2.19. The second-order valence-corrected chi connectivity index (χ2v) is 18.1. The van der Waals surface area contributed by atoms with Crippen molar-refractivity contribution in [2.24, 2.45) is 23.7 Å². The Morgan fingerprint density at radius 2 is 1.50 bits per heavy atom. The normalized spacial score (nSPS) is 24.6. The van der Waals surface area contributed by atoms with Gasteiger partial charge in [-0.3, -0.25) is 33.6 Å².